The lowest BCUT2D eigenvalue weighted by atomic mass is 10.1. The van der Waals surface area contributed by atoms with Crippen molar-refractivity contribution in [3.63, 3.8) is 0 Å². The zero-order valence-electron chi connectivity index (χ0n) is 19.5. The highest BCUT2D eigenvalue weighted by molar-refractivity contribution is 6.31. The van der Waals surface area contributed by atoms with Crippen LogP contribution in [0.25, 0.3) is 0 Å². The fourth-order valence-corrected chi connectivity index (χ4v) is 4.48. The lowest BCUT2D eigenvalue weighted by molar-refractivity contribution is -0.384. The Morgan fingerprint density at radius 3 is 2.19 bits per heavy atom. The van der Waals surface area contributed by atoms with Crippen molar-refractivity contribution >= 4 is 46.2 Å². The fourth-order valence-electron chi connectivity index (χ4n) is 4.30. The first-order chi connectivity index (χ1) is 17.5. The monoisotopic (exact) mass is 541 g/mol. The van der Waals surface area contributed by atoms with Crippen molar-refractivity contribution in [2.45, 2.75) is 6.18 Å². The van der Waals surface area contributed by atoms with Crippen LogP contribution in [-0.2, 0) is 9.53 Å². The van der Waals surface area contributed by atoms with Gasteiger partial charge in [0.05, 0.1) is 40.8 Å². The number of piperazine rings is 1. The number of ether oxygens (including phenoxy) is 1. The van der Waals surface area contributed by atoms with Crippen LogP contribution < -0.4 is 15.1 Å². The van der Waals surface area contributed by atoms with Gasteiger partial charge in [-0.2, -0.15) is 13.2 Å². The molecule has 0 spiro atoms. The van der Waals surface area contributed by atoms with Gasteiger partial charge < -0.3 is 24.8 Å². The maximum Gasteiger partial charge on any atom is 0.471 e. The number of nitro groups is 1. The van der Waals surface area contributed by atoms with Crippen LogP contribution in [0.2, 0.25) is 5.02 Å². The molecule has 0 unspecified atom stereocenters. The van der Waals surface area contributed by atoms with Crippen LogP contribution in [0.4, 0.5) is 35.9 Å². The van der Waals surface area contributed by atoms with Gasteiger partial charge in [0.1, 0.15) is 0 Å². The number of morpholine rings is 1. The normalized spacial score (nSPS) is 16.5. The molecule has 2 aromatic carbocycles. The number of nitrogens with zero attached hydrogens (tertiary/aromatic N) is 4. The Hall–Kier alpha value is -3.58. The van der Waals surface area contributed by atoms with Gasteiger partial charge in [0.15, 0.2) is 0 Å². The van der Waals surface area contributed by atoms with Gasteiger partial charge in [-0.1, -0.05) is 11.6 Å². The lowest BCUT2D eigenvalue weighted by Crippen LogP contribution is -2.52. The third kappa shape index (κ3) is 6.05. The predicted octanol–water partition coefficient (Wildman–Crippen LogP) is 3.55. The van der Waals surface area contributed by atoms with Crippen LogP contribution in [0.5, 0.6) is 0 Å². The number of nitrogens with one attached hydrogen (secondary N) is 1. The van der Waals surface area contributed by atoms with E-state index in [1.807, 2.05) is 4.90 Å². The average Bonchev–Trinajstić information content (AvgIpc) is 2.88. The molecule has 198 valence electrons. The molecule has 2 fully saturated rings. The van der Waals surface area contributed by atoms with Crippen molar-refractivity contribution < 1.29 is 32.4 Å². The third-order valence-corrected chi connectivity index (χ3v) is 6.38. The highest BCUT2D eigenvalue weighted by Gasteiger charge is 2.43. The first kappa shape index (κ1) is 26.5. The van der Waals surface area contributed by atoms with Crippen LogP contribution in [-0.4, -0.2) is 80.3 Å². The maximum atomic E-state index is 13.4. The van der Waals surface area contributed by atoms with E-state index >= 15 is 0 Å². The molecule has 14 heteroatoms. The van der Waals surface area contributed by atoms with E-state index in [1.165, 1.54) is 24.3 Å². The Morgan fingerprint density at radius 1 is 0.946 bits per heavy atom. The van der Waals surface area contributed by atoms with Crippen molar-refractivity contribution in [1.29, 1.82) is 0 Å². The van der Waals surface area contributed by atoms with Crippen LogP contribution in [0, 0.1) is 10.1 Å². The highest BCUT2D eigenvalue weighted by atomic mass is 35.5. The van der Waals surface area contributed by atoms with E-state index in [0.717, 1.165) is 4.90 Å². The molecule has 0 saturated carbocycles. The van der Waals surface area contributed by atoms with E-state index in [1.54, 1.807) is 17.0 Å². The van der Waals surface area contributed by atoms with Crippen molar-refractivity contribution in [2.24, 2.45) is 0 Å². The molecular weight excluding hydrogens is 519 g/mol. The topological polar surface area (TPSA) is 108 Å². The molecule has 10 nitrogen and oxygen atoms in total. The zero-order chi connectivity index (χ0) is 26.7. The Balaban J connectivity index is 1.58. The summed E-state index contributed by atoms with van der Waals surface area (Å²) in [5, 5.41) is 14.4. The van der Waals surface area contributed by atoms with Gasteiger partial charge >= 0.3 is 12.1 Å². The molecule has 37 heavy (non-hydrogen) atoms. The summed E-state index contributed by atoms with van der Waals surface area (Å²) in [6.45, 7) is 1.78. The van der Waals surface area contributed by atoms with E-state index < -0.39 is 22.9 Å². The number of anilines is 3. The van der Waals surface area contributed by atoms with Crippen LogP contribution in [0.3, 0.4) is 0 Å². The van der Waals surface area contributed by atoms with Crippen LogP contribution >= 0.6 is 11.6 Å². The first-order valence-electron chi connectivity index (χ1n) is 11.4. The van der Waals surface area contributed by atoms with Crippen LogP contribution in [0.1, 0.15) is 10.4 Å². The number of alkyl halides is 3. The number of nitro benzene ring substituents is 1. The van der Waals surface area contributed by atoms with E-state index in [4.69, 9.17) is 16.3 Å². The summed E-state index contributed by atoms with van der Waals surface area (Å²) >= 11 is 6.16. The minimum absolute atomic E-state index is 0.0858. The van der Waals surface area contributed by atoms with Crippen molar-refractivity contribution in [3.8, 4) is 0 Å². The SMILES string of the molecule is O=C(Nc1cc(Cl)ccc1N1CCN(C(=O)C(F)(F)F)CC1)c1cc([N+](=O)[O-])ccc1N1CCOCC1. The van der Waals surface area contributed by atoms with E-state index in [2.05, 4.69) is 5.32 Å². The number of halogens is 4. The molecule has 2 aliphatic rings. The standard InChI is InChI=1S/C23H23ClF3N5O5/c24-15-1-3-20(29-5-7-31(8-6-29)22(34)23(25,26)27)18(13-15)28-21(33)17-14-16(32(35)36)2-4-19(17)30-9-11-37-12-10-30/h1-4,13-14H,5-12H2,(H,28,33). The summed E-state index contributed by atoms with van der Waals surface area (Å²) in [6.07, 6.45) is -4.95. The second-order valence-corrected chi connectivity index (χ2v) is 8.89. The first-order valence-corrected chi connectivity index (χ1v) is 11.8. The van der Waals surface area contributed by atoms with Crippen molar-refractivity contribution in [1.82, 2.24) is 4.90 Å². The van der Waals surface area contributed by atoms with Gasteiger partial charge in [-0.05, 0) is 24.3 Å². The van der Waals surface area contributed by atoms with Gasteiger partial charge in [0, 0.05) is 56.4 Å². The van der Waals surface area contributed by atoms with Gasteiger partial charge in [0.2, 0.25) is 0 Å². The van der Waals surface area contributed by atoms with Crippen molar-refractivity contribution in [3.05, 3.63) is 57.1 Å². The minimum Gasteiger partial charge on any atom is -0.378 e. The number of carbonyl (C=O) groups is 2. The molecule has 2 saturated heterocycles. The van der Waals surface area contributed by atoms with E-state index in [-0.39, 0.29) is 43.1 Å². The van der Waals surface area contributed by atoms with E-state index in [9.17, 15) is 32.9 Å². The number of hydrogen-bond acceptors (Lipinski definition) is 7. The van der Waals surface area contributed by atoms with Gasteiger partial charge in [-0.25, -0.2) is 0 Å². The Kier molecular flexibility index (Phi) is 7.73. The molecule has 0 aromatic heterocycles. The summed E-state index contributed by atoms with van der Waals surface area (Å²) in [4.78, 5) is 40.2. The third-order valence-electron chi connectivity index (χ3n) is 6.14. The summed E-state index contributed by atoms with van der Waals surface area (Å²) in [6, 6.07) is 8.74. The van der Waals surface area contributed by atoms with Crippen LogP contribution in [0.15, 0.2) is 36.4 Å². The van der Waals surface area contributed by atoms with Gasteiger partial charge in [-0.15, -0.1) is 0 Å². The Labute approximate surface area is 214 Å². The molecule has 4 rings (SSSR count). The molecular formula is C23H23ClF3N5O5. The summed E-state index contributed by atoms with van der Waals surface area (Å²) in [5.74, 6) is -2.50. The number of amides is 2. The highest BCUT2D eigenvalue weighted by Crippen LogP contribution is 2.33. The summed E-state index contributed by atoms with van der Waals surface area (Å²) < 4.78 is 43.7. The largest absolute Gasteiger partial charge is 0.471 e. The quantitative estimate of drug-likeness (QED) is 0.455. The molecule has 1 N–H and O–H groups in total. The number of benzene rings is 2. The molecule has 0 aliphatic carbocycles. The smallest absolute Gasteiger partial charge is 0.378 e. The molecule has 0 bridgehead atoms. The number of carbonyl (C=O) groups excluding carboxylic acids is 2. The number of hydrogen-bond donors (Lipinski definition) is 1. The Morgan fingerprint density at radius 2 is 1.57 bits per heavy atom. The molecule has 2 heterocycles. The lowest BCUT2D eigenvalue weighted by Gasteiger charge is -2.37. The van der Waals surface area contributed by atoms with Gasteiger partial charge in [-0.3, -0.25) is 19.7 Å². The molecule has 2 aliphatic heterocycles. The summed E-state index contributed by atoms with van der Waals surface area (Å²) in [7, 11) is 0. The molecule has 0 atom stereocenters. The maximum absolute atomic E-state index is 13.4. The molecule has 0 radical (unpaired) electrons. The second-order valence-electron chi connectivity index (χ2n) is 8.45. The molecule has 2 aromatic rings. The minimum atomic E-state index is -4.95. The van der Waals surface area contributed by atoms with Crippen molar-refractivity contribution in [2.75, 3.05) is 67.6 Å². The number of non-ortho nitro benzene ring substituents is 1. The zero-order valence-corrected chi connectivity index (χ0v) is 20.2. The molecule has 2 amide bonds. The predicted molar refractivity (Wildman–Crippen MR) is 130 cm³/mol. The second kappa shape index (κ2) is 10.8. The summed E-state index contributed by atoms with van der Waals surface area (Å²) in [5.41, 5.74) is 1.12. The average molecular weight is 542 g/mol. The van der Waals surface area contributed by atoms with E-state index in [0.29, 0.717) is 42.7 Å². The fraction of sp³-hybridized carbons (Fsp3) is 0.391. The Bertz CT molecular complexity index is 1200. The van der Waals surface area contributed by atoms with Gasteiger partial charge in [0.25, 0.3) is 11.6 Å². The number of rotatable bonds is 5.